The van der Waals surface area contributed by atoms with Crippen LogP contribution in [-0.4, -0.2) is 56.4 Å². The van der Waals surface area contributed by atoms with Gasteiger partial charge in [-0.3, -0.25) is 0 Å². The lowest BCUT2D eigenvalue weighted by Gasteiger charge is -2.39. The first-order valence-electron chi connectivity index (χ1n) is 17.8. The molecule has 10 heteroatoms. The molecule has 4 aromatic carbocycles. The quantitative estimate of drug-likeness (QED) is 0.0459. The zero-order chi connectivity index (χ0) is 38.0. The van der Waals surface area contributed by atoms with E-state index in [9.17, 15) is 9.65 Å². The minimum absolute atomic E-state index is 0.0945. The van der Waals surface area contributed by atoms with Crippen LogP contribution in [0, 0.1) is 29.5 Å². The lowest BCUT2D eigenvalue weighted by atomic mass is 9.80. The van der Waals surface area contributed by atoms with Crippen molar-refractivity contribution in [1.82, 2.24) is 4.67 Å². The van der Waals surface area contributed by atoms with Crippen LogP contribution in [0.25, 0.3) is 0 Å². The van der Waals surface area contributed by atoms with Gasteiger partial charge >= 0.3 is 0 Å². The Morgan fingerprint density at radius 1 is 0.887 bits per heavy atom. The number of halogens is 1. The third kappa shape index (κ3) is 9.26. The van der Waals surface area contributed by atoms with Crippen LogP contribution >= 0.6 is 8.53 Å². The van der Waals surface area contributed by atoms with E-state index in [1.807, 2.05) is 78.9 Å². The number of benzene rings is 4. The van der Waals surface area contributed by atoms with Crippen LogP contribution in [-0.2, 0) is 24.1 Å². The third-order valence-corrected chi connectivity index (χ3v) is 11.4. The van der Waals surface area contributed by atoms with Crippen molar-refractivity contribution < 1.29 is 32.4 Å². The highest BCUT2D eigenvalue weighted by molar-refractivity contribution is 7.44. The Hall–Kier alpha value is -4.31. The highest BCUT2D eigenvalue weighted by Crippen LogP contribution is 2.51. The Labute approximate surface area is 314 Å². The molecular formula is C43H48FN2O6P. The molecule has 1 unspecified atom stereocenters. The van der Waals surface area contributed by atoms with E-state index < -0.39 is 38.3 Å². The smallest absolute Gasteiger partial charge is 0.259 e. The fourth-order valence-electron chi connectivity index (χ4n) is 6.80. The lowest BCUT2D eigenvalue weighted by molar-refractivity contribution is -0.0806. The molecule has 0 amide bonds. The van der Waals surface area contributed by atoms with Crippen LogP contribution in [0.5, 0.6) is 11.5 Å². The summed E-state index contributed by atoms with van der Waals surface area (Å²) in [6.07, 6.45) is 4.90. The number of ether oxygens (including phenoxy) is 4. The summed E-state index contributed by atoms with van der Waals surface area (Å²) in [6.45, 7) is 8.70. The van der Waals surface area contributed by atoms with Gasteiger partial charge in [-0.1, -0.05) is 66.6 Å². The Morgan fingerprint density at radius 3 is 2.00 bits per heavy atom. The van der Waals surface area contributed by atoms with Crippen LogP contribution < -0.4 is 9.47 Å². The first kappa shape index (κ1) is 39.9. The molecule has 0 bridgehead atoms. The van der Waals surface area contributed by atoms with Crippen LogP contribution in [0.15, 0.2) is 97.1 Å². The second-order valence-corrected chi connectivity index (χ2v) is 14.7. The number of hydrogen-bond donors (Lipinski definition) is 0. The highest BCUT2D eigenvalue weighted by Gasteiger charge is 2.45. The number of methoxy groups -OCH3 is 2. The molecule has 1 aliphatic heterocycles. The summed E-state index contributed by atoms with van der Waals surface area (Å²) in [5, 5.41) is 9.31. The molecule has 5 rings (SSSR count). The molecule has 0 aromatic heterocycles. The van der Waals surface area contributed by atoms with Gasteiger partial charge in [-0.15, -0.1) is 6.42 Å². The SMILES string of the molecule is C#Cc1cc(F)ccc1[C@H]1C[C@H](OP(OCCC#N)N(C(C)C)C(C)C)[C@@H](COC(c2ccccc2)(c2ccc(OC)cc2)c2ccc(OC)cc2)O1. The van der Waals surface area contributed by atoms with Gasteiger partial charge in [0.25, 0.3) is 8.53 Å². The fourth-order valence-corrected chi connectivity index (χ4v) is 8.56. The van der Waals surface area contributed by atoms with E-state index in [1.165, 1.54) is 12.1 Å². The number of terminal acetylenes is 1. The monoisotopic (exact) mass is 738 g/mol. The average molecular weight is 739 g/mol. The van der Waals surface area contributed by atoms with Crippen LogP contribution in [0.2, 0.25) is 0 Å². The zero-order valence-corrected chi connectivity index (χ0v) is 32.1. The maximum Gasteiger partial charge on any atom is 0.259 e. The number of hydrogen-bond acceptors (Lipinski definition) is 8. The van der Waals surface area contributed by atoms with Crippen molar-refractivity contribution in [3.8, 4) is 29.9 Å². The van der Waals surface area contributed by atoms with Gasteiger partial charge in [-0.25, -0.2) is 9.06 Å². The molecule has 0 radical (unpaired) electrons. The van der Waals surface area contributed by atoms with Gasteiger partial charge < -0.3 is 28.0 Å². The molecule has 0 spiro atoms. The minimum Gasteiger partial charge on any atom is -0.497 e. The van der Waals surface area contributed by atoms with E-state index >= 15 is 0 Å². The Balaban J connectivity index is 1.60. The molecule has 1 heterocycles. The van der Waals surface area contributed by atoms with E-state index in [2.05, 4.69) is 44.4 Å². The number of nitriles is 1. The van der Waals surface area contributed by atoms with Crippen molar-refractivity contribution in [1.29, 1.82) is 5.26 Å². The van der Waals surface area contributed by atoms with E-state index in [0.717, 1.165) is 16.7 Å². The number of rotatable bonds is 17. The van der Waals surface area contributed by atoms with Crippen molar-refractivity contribution in [2.24, 2.45) is 0 Å². The second kappa shape index (κ2) is 18.6. The van der Waals surface area contributed by atoms with Crippen LogP contribution in [0.4, 0.5) is 4.39 Å². The zero-order valence-electron chi connectivity index (χ0n) is 31.2. The lowest BCUT2D eigenvalue weighted by Crippen LogP contribution is -2.39. The fraction of sp³-hybridized carbons (Fsp3) is 0.372. The second-order valence-electron chi connectivity index (χ2n) is 13.3. The molecule has 8 nitrogen and oxygen atoms in total. The van der Waals surface area contributed by atoms with E-state index in [0.29, 0.717) is 29.0 Å². The van der Waals surface area contributed by atoms with Crippen molar-refractivity contribution in [2.45, 2.75) is 76.5 Å². The summed E-state index contributed by atoms with van der Waals surface area (Å²) in [5.41, 5.74) is 2.68. The number of nitrogens with zero attached hydrogens (tertiary/aromatic N) is 2. The molecule has 0 saturated carbocycles. The normalized spacial score (nSPS) is 17.8. The van der Waals surface area contributed by atoms with Gasteiger partial charge in [0.15, 0.2) is 0 Å². The Bertz CT molecular complexity index is 1790. The van der Waals surface area contributed by atoms with Gasteiger partial charge in [0.2, 0.25) is 0 Å². The topological polar surface area (TPSA) is 82.4 Å². The highest BCUT2D eigenvalue weighted by atomic mass is 31.2. The molecule has 0 aliphatic carbocycles. The molecule has 1 aliphatic rings. The van der Waals surface area contributed by atoms with E-state index in [4.69, 9.17) is 34.4 Å². The van der Waals surface area contributed by atoms with Gasteiger partial charge in [-0.2, -0.15) is 5.26 Å². The van der Waals surface area contributed by atoms with Gasteiger partial charge in [0.05, 0.1) is 52.1 Å². The first-order chi connectivity index (χ1) is 25.6. The van der Waals surface area contributed by atoms with E-state index in [-0.39, 0.29) is 31.7 Å². The summed E-state index contributed by atoms with van der Waals surface area (Å²) in [4.78, 5) is 0. The standard InChI is InChI=1S/C43H48FN2O6P/c1-8-32-27-36(44)19-24-39(32)40-28-41(52-53(50-26-12-25-45)46(30(2)3)31(4)5)42(51-40)29-49-43(33-13-10-9-11-14-33,34-15-20-37(47-6)21-16-34)35-17-22-38(48-7)23-18-35/h1,9-11,13-24,27,30-31,40-42H,12,26,28-29H2,2-7H3/t40-,41+,42-,53?/m1/s1. The predicted molar refractivity (Wildman–Crippen MR) is 205 cm³/mol. The molecule has 278 valence electrons. The van der Waals surface area contributed by atoms with Gasteiger partial charge in [0, 0.05) is 24.1 Å². The summed E-state index contributed by atoms with van der Waals surface area (Å²) in [7, 11) is 1.66. The summed E-state index contributed by atoms with van der Waals surface area (Å²) in [5.74, 6) is 3.65. The Morgan fingerprint density at radius 2 is 1.47 bits per heavy atom. The molecule has 53 heavy (non-hydrogen) atoms. The average Bonchev–Trinajstić information content (AvgIpc) is 3.57. The van der Waals surface area contributed by atoms with Gasteiger partial charge in [-0.05, 0) is 86.3 Å². The molecule has 1 fully saturated rings. The van der Waals surface area contributed by atoms with Crippen molar-refractivity contribution in [2.75, 3.05) is 27.4 Å². The maximum atomic E-state index is 14.3. The van der Waals surface area contributed by atoms with Crippen molar-refractivity contribution in [3.63, 3.8) is 0 Å². The molecule has 4 aromatic rings. The summed E-state index contributed by atoms with van der Waals surface area (Å²) in [6, 6.07) is 32.5. The Kier molecular flexibility index (Phi) is 14.0. The van der Waals surface area contributed by atoms with Crippen LogP contribution in [0.3, 0.4) is 0 Å². The van der Waals surface area contributed by atoms with Crippen LogP contribution in [0.1, 0.15) is 74.5 Å². The van der Waals surface area contributed by atoms with E-state index in [1.54, 1.807) is 20.3 Å². The first-order valence-corrected chi connectivity index (χ1v) is 18.9. The summed E-state index contributed by atoms with van der Waals surface area (Å²) < 4.78 is 54.9. The predicted octanol–water partition coefficient (Wildman–Crippen LogP) is 9.32. The van der Waals surface area contributed by atoms with Crippen molar-refractivity contribution in [3.05, 3.63) is 131 Å². The molecule has 0 N–H and O–H groups in total. The molecular weight excluding hydrogens is 690 g/mol. The molecule has 1 saturated heterocycles. The minimum atomic E-state index is -1.62. The maximum absolute atomic E-state index is 14.3. The summed E-state index contributed by atoms with van der Waals surface area (Å²) >= 11 is 0. The largest absolute Gasteiger partial charge is 0.497 e. The van der Waals surface area contributed by atoms with Crippen molar-refractivity contribution >= 4 is 8.53 Å². The molecule has 4 atom stereocenters. The van der Waals surface area contributed by atoms with Gasteiger partial charge in [0.1, 0.15) is 29.0 Å². The third-order valence-electron chi connectivity index (χ3n) is 9.24.